The molecule has 1 aromatic carbocycles. The van der Waals surface area contributed by atoms with Crippen molar-refractivity contribution in [1.29, 1.82) is 0 Å². The summed E-state index contributed by atoms with van der Waals surface area (Å²) in [5.74, 6) is 1.54. The van der Waals surface area contributed by atoms with Gasteiger partial charge in [0.15, 0.2) is 0 Å². The summed E-state index contributed by atoms with van der Waals surface area (Å²) in [5, 5.41) is 0. The summed E-state index contributed by atoms with van der Waals surface area (Å²) in [6.07, 6.45) is 0. The van der Waals surface area contributed by atoms with E-state index in [4.69, 9.17) is 4.74 Å². The van der Waals surface area contributed by atoms with Gasteiger partial charge in [-0.3, -0.25) is 0 Å². The largest absolute Gasteiger partial charge is 0.465 e. The van der Waals surface area contributed by atoms with E-state index in [2.05, 4.69) is 4.90 Å². The lowest BCUT2D eigenvalue weighted by Gasteiger charge is -2.29. The predicted octanol–water partition coefficient (Wildman–Crippen LogP) is 1.04. The molecule has 1 saturated heterocycles. The number of methoxy groups -OCH3 is 1. The lowest BCUT2D eigenvalue weighted by atomic mass is 10.2. The molecule has 0 aliphatic carbocycles. The summed E-state index contributed by atoms with van der Waals surface area (Å²) >= 11 is 0. The van der Waals surface area contributed by atoms with Crippen LogP contribution in [0.1, 0.15) is 10.4 Å². The molecule has 1 aliphatic rings. The SMILES string of the molecule is COC(=O)c1cccc(N2CCS(=S=O)CC2)c1. The first kappa shape index (κ1) is 13.3. The molecular weight excluding hydrogens is 270 g/mol. The first-order valence-electron chi connectivity index (χ1n) is 5.65. The van der Waals surface area contributed by atoms with Crippen LogP contribution in [-0.2, 0) is 24.4 Å². The van der Waals surface area contributed by atoms with Crippen molar-refractivity contribution in [3.63, 3.8) is 0 Å². The topological polar surface area (TPSA) is 46.6 Å². The molecule has 0 amide bonds. The highest BCUT2D eigenvalue weighted by Gasteiger charge is 2.15. The maximum atomic E-state index is 11.5. The maximum Gasteiger partial charge on any atom is 0.337 e. The molecule has 0 radical (unpaired) electrons. The fraction of sp³-hybridized carbons (Fsp3) is 0.417. The van der Waals surface area contributed by atoms with E-state index < -0.39 is 0 Å². The zero-order chi connectivity index (χ0) is 13.0. The van der Waals surface area contributed by atoms with E-state index >= 15 is 0 Å². The highest BCUT2D eigenvalue weighted by molar-refractivity contribution is 8.31. The Morgan fingerprint density at radius 1 is 1.39 bits per heavy atom. The Hall–Kier alpha value is -1.14. The molecule has 1 heterocycles. The molecule has 0 saturated carbocycles. The van der Waals surface area contributed by atoms with Crippen LogP contribution in [0.2, 0.25) is 0 Å². The van der Waals surface area contributed by atoms with Gasteiger partial charge in [0.25, 0.3) is 0 Å². The lowest BCUT2D eigenvalue weighted by Crippen LogP contribution is -2.37. The summed E-state index contributed by atoms with van der Waals surface area (Å²) in [6, 6.07) is 7.44. The minimum atomic E-state index is -0.316. The first-order chi connectivity index (χ1) is 8.74. The van der Waals surface area contributed by atoms with Gasteiger partial charge in [0.1, 0.15) is 10.2 Å². The normalized spacial score (nSPS) is 16.4. The molecule has 1 aliphatic heterocycles. The van der Waals surface area contributed by atoms with Crippen molar-refractivity contribution in [1.82, 2.24) is 0 Å². The summed E-state index contributed by atoms with van der Waals surface area (Å²) < 4.78 is 15.5. The number of hydrogen-bond acceptors (Lipinski definition) is 4. The quantitative estimate of drug-likeness (QED) is 0.762. The Bertz CT molecular complexity index is 502. The summed E-state index contributed by atoms with van der Waals surface area (Å²) in [5.41, 5.74) is 1.59. The van der Waals surface area contributed by atoms with Gasteiger partial charge in [0, 0.05) is 30.3 Å². The molecular formula is C12H15NO3S2. The number of carbonyl (C=O) groups excluding carboxylic acids is 1. The van der Waals surface area contributed by atoms with Gasteiger partial charge in [-0.2, -0.15) is 0 Å². The minimum Gasteiger partial charge on any atom is -0.465 e. The third-order valence-electron chi connectivity index (χ3n) is 2.91. The Labute approximate surface area is 112 Å². The molecule has 0 spiro atoms. The van der Waals surface area contributed by atoms with Gasteiger partial charge in [-0.15, -0.1) is 0 Å². The van der Waals surface area contributed by atoms with Crippen LogP contribution in [0.5, 0.6) is 0 Å². The fourth-order valence-electron chi connectivity index (χ4n) is 1.91. The van der Waals surface area contributed by atoms with Crippen molar-refractivity contribution in [2.75, 3.05) is 36.6 Å². The average molecular weight is 285 g/mol. The van der Waals surface area contributed by atoms with Crippen LogP contribution in [0.4, 0.5) is 5.69 Å². The number of nitrogens with zero attached hydrogens (tertiary/aromatic N) is 1. The Morgan fingerprint density at radius 3 is 2.72 bits per heavy atom. The second-order valence-corrected chi connectivity index (χ2v) is 7.60. The van der Waals surface area contributed by atoms with E-state index in [0.717, 1.165) is 40.5 Å². The molecule has 1 aromatic rings. The molecule has 2 rings (SSSR count). The fourth-order valence-corrected chi connectivity index (χ4v) is 3.96. The van der Waals surface area contributed by atoms with Gasteiger partial charge < -0.3 is 9.64 Å². The maximum absolute atomic E-state index is 11.5. The van der Waals surface area contributed by atoms with Crippen LogP contribution in [0, 0.1) is 0 Å². The number of anilines is 1. The summed E-state index contributed by atoms with van der Waals surface area (Å²) in [7, 11) is 2.08. The second kappa shape index (κ2) is 6.15. The van der Waals surface area contributed by atoms with Gasteiger partial charge in [-0.05, 0) is 18.2 Å². The molecule has 0 unspecified atom stereocenters. The number of ether oxygens (including phenoxy) is 1. The van der Waals surface area contributed by atoms with E-state index in [0.29, 0.717) is 5.56 Å². The van der Waals surface area contributed by atoms with E-state index in [9.17, 15) is 9.00 Å². The molecule has 98 valence electrons. The zero-order valence-electron chi connectivity index (χ0n) is 10.1. The zero-order valence-corrected chi connectivity index (χ0v) is 11.8. The van der Waals surface area contributed by atoms with Crippen LogP contribution < -0.4 is 4.90 Å². The third kappa shape index (κ3) is 3.00. The molecule has 0 N–H and O–H groups in total. The number of rotatable bonds is 2. The third-order valence-corrected chi connectivity index (χ3v) is 5.95. The van der Waals surface area contributed by atoms with Crippen molar-refractivity contribution >= 4 is 31.3 Å². The summed E-state index contributed by atoms with van der Waals surface area (Å²) in [6.45, 7) is 1.76. The van der Waals surface area contributed by atoms with Crippen molar-refractivity contribution in [3.8, 4) is 0 Å². The van der Waals surface area contributed by atoms with E-state index in [-0.39, 0.29) is 15.4 Å². The Kier molecular flexibility index (Phi) is 4.54. The molecule has 0 bridgehead atoms. The van der Waals surface area contributed by atoms with Gasteiger partial charge in [-0.1, -0.05) is 15.5 Å². The molecule has 1 fully saturated rings. The van der Waals surface area contributed by atoms with Gasteiger partial charge >= 0.3 is 5.97 Å². The molecule has 6 heteroatoms. The Morgan fingerprint density at radius 2 is 2.11 bits per heavy atom. The van der Waals surface area contributed by atoms with Gasteiger partial charge in [0.2, 0.25) is 0 Å². The highest BCUT2D eigenvalue weighted by Crippen LogP contribution is 2.18. The van der Waals surface area contributed by atoms with E-state index in [1.807, 2.05) is 18.2 Å². The average Bonchev–Trinajstić information content (AvgIpc) is 2.46. The van der Waals surface area contributed by atoms with Crippen molar-refractivity contribution in [2.24, 2.45) is 0 Å². The molecule has 18 heavy (non-hydrogen) atoms. The van der Waals surface area contributed by atoms with E-state index in [1.165, 1.54) is 7.11 Å². The second-order valence-electron chi connectivity index (χ2n) is 3.95. The number of hydrogen-bond donors (Lipinski definition) is 0. The van der Waals surface area contributed by atoms with Crippen LogP contribution in [-0.4, -0.2) is 41.9 Å². The molecule has 0 aromatic heterocycles. The van der Waals surface area contributed by atoms with Crippen molar-refractivity contribution in [2.45, 2.75) is 0 Å². The number of carbonyl (C=O) groups is 1. The smallest absolute Gasteiger partial charge is 0.337 e. The van der Waals surface area contributed by atoms with Crippen LogP contribution in [0.3, 0.4) is 0 Å². The lowest BCUT2D eigenvalue weighted by molar-refractivity contribution is 0.0601. The minimum absolute atomic E-state index is 0.0340. The van der Waals surface area contributed by atoms with Crippen molar-refractivity contribution in [3.05, 3.63) is 29.8 Å². The van der Waals surface area contributed by atoms with Crippen LogP contribution >= 0.6 is 0 Å². The standard InChI is InChI=1S/C12H15NO3S2/c1-16-12(14)10-3-2-4-11(9-10)13-5-7-18(17-15)8-6-13/h2-4,9H,5-8H2,1H3. The monoisotopic (exact) mass is 285 g/mol. The van der Waals surface area contributed by atoms with E-state index in [1.54, 1.807) is 6.07 Å². The first-order valence-corrected chi connectivity index (χ1v) is 8.48. The van der Waals surface area contributed by atoms with Crippen LogP contribution in [0.15, 0.2) is 24.3 Å². The predicted molar refractivity (Wildman–Crippen MR) is 75.2 cm³/mol. The highest BCUT2D eigenvalue weighted by atomic mass is 32.8. The van der Waals surface area contributed by atoms with Crippen molar-refractivity contribution < 1.29 is 13.7 Å². The number of benzene rings is 1. The van der Waals surface area contributed by atoms with Gasteiger partial charge in [-0.25, -0.2) is 9.00 Å². The van der Waals surface area contributed by atoms with Gasteiger partial charge in [0.05, 0.1) is 12.7 Å². The summed E-state index contributed by atoms with van der Waals surface area (Å²) in [4.78, 5) is 13.7. The number of esters is 1. The molecule has 4 nitrogen and oxygen atoms in total. The van der Waals surface area contributed by atoms with Crippen LogP contribution in [0.25, 0.3) is 0 Å². The molecule has 0 atom stereocenters. The Balaban J connectivity index is 2.14.